The molecule has 0 saturated carbocycles. The molecule has 1 heterocycles. The van der Waals surface area contributed by atoms with Crippen molar-refractivity contribution in [2.45, 2.75) is 6.18 Å². The molecule has 0 unspecified atom stereocenters. The number of nitrogens with zero attached hydrogens (tertiary/aromatic N) is 1. The largest absolute Gasteiger partial charge is 0.476 e. The van der Waals surface area contributed by atoms with Crippen LogP contribution in [0.15, 0.2) is 18.2 Å². The van der Waals surface area contributed by atoms with E-state index >= 15 is 0 Å². The van der Waals surface area contributed by atoms with Gasteiger partial charge in [-0.15, -0.1) is 11.3 Å². The maximum Gasteiger partial charge on any atom is 0.471 e. The molecule has 0 radical (unpaired) electrons. The molecular weight excluding hydrogens is 285 g/mol. The monoisotopic (exact) mass is 290 g/mol. The Kier molecular flexibility index (Phi) is 3.14. The molecule has 0 atom stereocenters. The minimum atomic E-state index is -4.98. The average molecular weight is 290 g/mol. The van der Waals surface area contributed by atoms with Gasteiger partial charge in [-0.2, -0.15) is 13.2 Å². The number of nitrogens with one attached hydrogen (secondary N) is 1. The summed E-state index contributed by atoms with van der Waals surface area (Å²) in [5.41, 5.74) is 0.111. The first-order valence-electron chi connectivity index (χ1n) is 4.79. The van der Waals surface area contributed by atoms with E-state index in [1.54, 1.807) is 5.32 Å². The van der Waals surface area contributed by atoms with Crippen LogP contribution < -0.4 is 5.32 Å². The summed E-state index contributed by atoms with van der Waals surface area (Å²) < 4.78 is 36.7. The van der Waals surface area contributed by atoms with Crippen LogP contribution in [0.4, 0.5) is 18.9 Å². The Hall–Kier alpha value is -2.16. The topological polar surface area (TPSA) is 79.3 Å². The molecular formula is C10H5F3N2O3S. The number of amides is 1. The molecule has 0 aliphatic carbocycles. The van der Waals surface area contributed by atoms with E-state index in [0.717, 1.165) is 11.3 Å². The van der Waals surface area contributed by atoms with Gasteiger partial charge in [-0.1, -0.05) is 0 Å². The number of anilines is 1. The third-order valence-electron chi connectivity index (χ3n) is 2.09. The summed E-state index contributed by atoms with van der Waals surface area (Å²) in [6, 6.07) is 3.82. The lowest BCUT2D eigenvalue weighted by atomic mass is 10.3. The fourth-order valence-electron chi connectivity index (χ4n) is 1.30. The highest BCUT2D eigenvalue weighted by molar-refractivity contribution is 7.20. The number of carboxylic acid groups (broad SMARTS) is 1. The number of alkyl halides is 3. The van der Waals surface area contributed by atoms with Gasteiger partial charge in [-0.25, -0.2) is 9.78 Å². The van der Waals surface area contributed by atoms with E-state index in [2.05, 4.69) is 4.98 Å². The minimum Gasteiger partial charge on any atom is -0.476 e. The third-order valence-corrected chi connectivity index (χ3v) is 3.11. The zero-order valence-corrected chi connectivity index (χ0v) is 9.80. The van der Waals surface area contributed by atoms with Gasteiger partial charge < -0.3 is 10.4 Å². The summed E-state index contributed by atoms with van der Waals surface area (Å²) in [6.45, 7) is 0. The Morgan fingerprint density at radius 3 is 2.58 bits per heavy atom. The lowest BCUT2D eigenvalue weighted by molar-refractivity contribution is -0.167. The van der Waals surface area contributed by atoms with Crippen LogP contribution in [0.1, 0.15) is 9.80 Å². The first kappa shape index (κ1) is 13.3. The van der Waals surface area contributed by atoms with E-state index in [1.807, 2.05) is 0 Å². The number of hydrogen-bond acceptors (Lipinski definition) is 4. The zero-order chi connectivity index (χ0) is 14.2. The van der Waals surface area contributed by atoms with Gasteiger partial charge in [-0.3, -0.25) is 4.79 Å². The number of hydrogen-bond donors (Lipinski definition) is 2. The van der Waals surface area contributed by atoms with Crippen molar-refractivity contribution in [2.75, 3.05) is 5.32 Å². The predicted molar refractivity (Wildman–Crippen MR) is 61.3 cm³/mol. The van der Waals surface area contributed by atoms with Crippen molar-refractivity contribution in [2.24, 2.45) is 0 Å². The van der Waals surface area contributed by atoms with Crippen LogP contribution in [-0.4, -0.2) is 28.1 Å². The second kappa shape index (κ2) is 4.50. The van der Waals surface area contributed by atoms with Gasteiger partial charge in [0.15, 0.2) is 0 Å². The molecule has 0 spiro atoms. The molecule has 2 N–H and O–H groups in total. The van der Waals surface area contributed by atoms with Gasteiger partial charge in [0.05, 0.1) is 10.2 Å². The van der Waals surface area contributed by atoms with Crippen LogP contribution in [0.3, 0.4) is 0 Å². The fraction of sp³-hybridized carbons (Fsp3) is 0.100. The molecule has 9 heteroatoms. The summed E-state index contributed by atoms with van der Waals surface area (Å²) in [5.74, 6) is -3.32. The number of aromatic nitrogens is 1. The number of fused-ring (bicyclic) bond motifs is 1. The summed E-state index contributed by atoms with van der Waals surface area (Å²) in [4.78, 5) is 25.2. The highest BCUT2D eigenvalue weighted by Gasteiger charge is 2.38. The second-order valence-corrected chi connectivity index (χ2v) is 4.49. The van der Waals surface area contributed by atoms with Crippen molar-refractivity contribution < 1.29 is 27.9 Å². The van der Waals surface area contributed by atoms with E-state index in [0.29, 0.717) is 4.70 Å². The number of aromatic carboxylic acids is 1. The first-order chi connectivity index (χ1) is 8.77. The molecule has 5 nitrogen and oxygen atoms in total. The zero-order valence-electron chi connectivity index (χ0n) is 8.99. The minimum absolute atomic E-state index is 0.0999. The Labute approximate surface area is 107 Å². The lowest BCUT2D eigenvalue weighted by Crippen LogP contribution is -2.29. The highest BCUT2D eigenvalue weighted by Crippen LogP contribution is 2.26. The number of halogens is 3. The number of carbonyl (C=O) groups excluding carboxylic acids is 1. The van der Waals surface area contributed by atoms with Crippen molar-refractivity contribution in [3.05, 3.63) is 23.2 Å². The molecule has 0 bridgehead atoms. The number of carboxylic acids is 1. The number of carbonyl (C=O) groups is 2. The Morgan fingerprint density at radius 1 is 1.32 bits per heavy atom. The van der Waals surface area contributed by atoms with Gasteiger partial charge in [0.2, 0.25) is 5.01 Å². The fourth-order valence-corrected chi connectivity index (χ4v) is 2.08. The molecule has 100 valence electrons. The van der Waals surface area contributed by atoms with Gasteiger partial charge >= 0.3 is 18.1 Å². The number of rotatable bonds is 2. The van der Waals surface area contributed by atoms with Gasteiger partial charge in [0, 0.05) is 5.69 Å². The van der Waals surface area contributed by atoms with Crippen LogP contribution in [0, 0.1) is 0 Å². The quantitative estimate of drug-likeness (QED) is 0.890. The van der Waals surface area contributed by atoms with Crippen LogP contribution >= 0.6 is 11.3 Å². The van der Waals surface area contributed by atoms with Gasteiger partial charge in [-0.05, 0) is 18.2 Å². The maximum absolute atomic E-state index is 12.1. The molecule has 19 heavy (non-hydrogen) atoms. The molecule has 1 aromatic heterocycles. The molecule has 1 aromatic carbocycles. The third kappa shape index (κ3) is 2.81. The molecule has 0 aliphatic heterocycles. The number of benzene rings is 1. The van der Waals surface area contributed by atoms with E-state index in [4.69, 9.17) is 5.11 Å². The van der Waals surface area contributed by atoms with Crippen LogP contribution in [-0.2, 0) is 4.79 Å². The molecule has 0 saturated heterocycles. The smallest absolute Gasteiger partial charge is 0.471 e. The summed E-state index contributed by atoms with van der Waals surface area (Å²) >= 11 is 0.893. The normalized spacial score (nSPS) is 11.5. The van der Waals surface area contributed by atoms with Crippen molar-refractivity contribution in [3.8, 4) is 0 Å². The molecule has 0 fully saturated rings. The summed E-state index contributed by atoms with van der Waals surface area (Å²) in [7, 11) is 0. The van der Waals surface area contributed by atoms with Crippen LogP contribution in [0.2, 0.25) is 0 Å². The van der Waals surface area contributed by atoms with Crippen LogP contribution in [0.25, 0.3) is 10.2 Å². The second-order valence-electron chi connectivity index (χ2n) is 3.46. The van der Waals surface area contributed by atoms with Gasteiger partial charge in [0.25, 0.3) is 0 Å². The summed E-state index contributed by atoms with van der Waals surface area (Å²) in [6.07, 6.45) is -4.98. The van der Waals surface area contributed by atoms with Crippen molar-refractivity contribution >= 4 is 39.1 Å². The van der Waals surface area contributed by atoms with Crippen molar-refractivity contribution in [1.82, 2.24) is 4.98 Å². The van der Waals surface area contributed by atoms with E-state index in [9.17, 15) is 22.8 Å². The molecule has 0 aliphatic rings. The van der Waals surface area contributed by atoms with Crippen LogP contribution in [0.5, 0.6) is 0 Å². The number of thiazole rings is 1. The van der Waals surface area contributed by atoms with E-state index in [-0.39, 0.29) is 16.2 Å². The Balaban J connectivity index is 2.31. The first-order valence-corrected chi connectivity index (χ1v) is 5.61. The Bertz CT molecular complexity index is 666. The predicted octanol–water partition coefficient (Wildman–Crippen LogP) is 2.50. The molecule has 1 amide bonds. The summed E-state index contributed by atoms with van der Waals surface area (Å²) in [5, 5.41) is 10.2. The van der Waals surface area contributed by atoms with Crippen molar-refractivity contribution in [1.29, 1.82) is 0 Å². The highest BCUT2D eigenvalue weighted by atomic mass is 32.1. The van der Waals surface area contributed by atoms with E-state index in [1.165, 1.54) is 18.2 Å². The lowest BCUT2D eigenvalue weighted by Gasteiger charge is -2.07. The van der Waals surface area contributed by atoms with E-state index < -0.39 is 18.1 Å². The van der Waals surface area contributed by atoms with Gasteiger partial charge in [0.1, 0.15) is 0 Å². The Morgan fingerprint density at radius 2 is 2.00 bits per heavy atom. The maximum atomic E-state index is 12.1. The molecule has 2 rings (SSSR count). The standard InChI is InChI=1S/C10H5F3N2O3S/c11-10(12,13)9(18)14-4-1-2-6-5(3-4)15-7(19-6)8(16)17/h1-3H,(H,14,18)(H,16,17). The molecule has 2 aromatic rings. The average Bonchev–Trinajstić information content (AvgIpc) is 2.70. The SMILES string of the molecule is O=C(O)c1nc2cc(NC(=O)C(F)(F)F)ccc2s1. The van der Waals surface area contributed by atoms with Crippen molar-refractivity contribution in [3.63, 3.8) is 0 Å².